The highest BCUT2D eigenvalue weighted by molar-refractivity contribution is 5.33. The van der Waals surface area contributed by atoms with Crippen molar-refractivity contribution < 1.29 is 5.11 Å². The quantitative estimate of drug-likeness (QED) is 0.793. The van der Waals surface area contributed by atoms with Gasteiger partial charge in [-0.3, -0.25) is 4.90 Å². The summed E-state index contributed by atoms with van der Waals surface area (Å²) in [5.41, 5.74) is 2.37. The molecule has 3 rings (SSSR count). The van der Waals surface area contributed by atoms with E-state index in [0.29, 0.717) is 0 Å². The summed E-state index contributed by atoms with van der Waals surface area (Å²) in [7, 11) is 0. The molecule has 0 aromatic carbocycles. The fourth-order valence-electron chi connectivity index (χ4n) is 2.75. The number of allylic oxidation sites excluding steroid dienone is 2. The van der Waals surface area contributed by atoms with Crippen molar-refractivity contribution in [3.05, 3.63) is 29.8 Å². The van der Waals surface area contributed by atoms with E-state index in [-0.39, 0.29) is 6.61 Å². The van der Waals surface area contributed by atoms with Gasteiger partial charge in [-0.2, -0.15) is 0 Å². The summed E-state index contributed by atoms with van der Waals surface area (Å²) >= 11 is 0. The molecule has 93 valence electrons. The number of piperazine rings is 1. The Bertz CT molecular complexity index is 336. The highest BCUT2D eigenvalue weighted by Gasteiger charge is 2.31. The van der Waals surface area contributed by atoms with Gasteiger partial charge in [0.15, 0.2) is 0 Å². The number of hydrogen-bond acceptors (Lipinski definition) is 3. The smallest absolute Gasteiger partial charge is 0.0679 e. The molecular formula is C14H21N2O. The second kappa shape index (κ2) is 4.83. The molecule has 1 saturated carbocycles. The topological polar surface area (TPSA) is 26.7 Å². The van der Waals surface area contributed by atoms with Gasteiger partial charge in [0.2, 0.25) is 0 Å². The molecule has 3 aliphatic rings. The van der Waals surface area contributed by atoms with Crippen LogP contribution in [0.5, 0.6) is 0 Å². The standard InChI is InChI=1S/C14H21N2O/c17-11-12-2-1-3-14(10-12)16-8-6-15(7-9-16)13-4-5-13/h2-3,10,13,17H,1,4-9,11H2. The summed E-state index contributed by atoms with van der Waals surface area (Å²) in [6, 6.07) is 0.898. The van der Waals surface area contributed by atoms with Crippen molar-refractivity contribution in [1.29, 1.82) is 0 Å². The van der Waals surface area contributed by atoms with Crippen LogP contribution in [-0.4, -0.2) is 53.7 Å². The van der Waals surface area contributed by atoms with Crippen molar-refractivity contribution in [3.8, 4) is 0 Å². The molecule has 1 heterocycles. The van der Waals surface area contributed by atoms with E-state index in [0.717, 1.165) is 31.1 Å². The molecule has 0 spiro atoms. The zero-order valence-corrected chi connectivity index (χ0v) is 10.3. The van der Waals surface area contributed by atoms with Gasteiger partial charge in [0.25, 0.3) is 0 Å². The second-order valence-electron chi connectivity index (χ2n) is 5.20. The summed E-state index contributed by atoms with van der Waals surface area (Å²) in [4.78, 5) is 5.09. The molecule has 17 heavy (non-hydrogen) atoms. The largest absolute Gasteiger partial charge is 0.392 e. The molecule has 1 aliphatic heterocycles. The molecule has 1 N–H and O–H groups in total. The molecule has 0 amide bonds. The minimum absolute atomic E-state index is 0.166. The Hall–Kier alpha value is -0.800. The van der Waals surface area contributed by atoms with Gasteiger partial charge < -0.3 is 10.0 Å². The first-order chi connectivity index (χ1) is 8.36. The Balaban J connectivity index is 1.58. The minimum atomic E-state index is 0.166. The summed E-state index contributed by atoms with van der Waals surface area (Å²) in [6.07, 6.45) is 10.3. The molecule has 0 aromatic rings. The molecule has 2 fully saturated rings. The molecule has 0 bridgehead atoms. The van der Waals surface area contributed by atoms with E-state index in [1.165, 1.54) is 31.6 Å². The fourth-order valence-corrected chi connectivity index (χ4v) is 2.75. The minimum Gasteiger partial charge on any atom is -0.392 e. The maximum absolute atomic E-state index is 9.18. The third kappa shape index (κ3) is 2.55. The summed E-state index contributed by atoms with van der Waals surface area (Å²) < 4.78 is 0. The predicted octanol–water partition coefficient (Wildman–Crippen LogP) is 1.18. The first kappa shape index (κ1) is 11.3. The van der Waals surface area contributed by atoms with Crippen molar-refractivity contribution in [1.82, 2.24) is 9.80 Å². The Morgan fingerprint density at radius 2 is 1.94 bits per heavy atom. The molecule has 0 unspecified atom stereocenters. The van der Waals surface area contributed by atoms with Crippen LogP contribution in [-0.2, 0) is 0 Å². The van der Waals surface area contributed by atoms with Crippen LogP contribution in [0.1, 0.15) is 19.3 Å². The third-order valence-electron chi connectivity index (χ3n) is 3.97. The lowest BCUT2D eigenvalue weighted by molar-refractivity contribution is 0.153. The first-order valence-electron chi connectivity index (χ1n) is 6.70. The third-order valence-corrected chi connectivity index (χ3v) is 3.97. The Labute approximate surface area is 103 Å². The maximum atomic E-state index is 9.18. The Kier molecular flexibility index (Phi) is 3.21. The van der Waals surface area contributed by atoms with Crippen molar-refractivity contribution in [2.75, 3.05) is 32.8 Å². The second-order valence-corrected chi connectivity index (χ2v) is 5.20. The van der Waals surface area contributed by atoms with E-state index >= 15 is 0 Å². The normalized spacial score (nSPS) is 26.8. The first-order valence-corrected chi connectivity index (χ1v) is 6.70. The lowest BCUT2D eigenvalue weighted by Gasteiger charge is -2.38. The SMILES string of the molecule is OCC1=CC[CH]C(N2CCN(C3CC3)CC2)=C1. The van der Waals surface area contributed by atoms with Gasteiger partial charge in [-0.15, -0.1) is 0 Å². The van der Waals surface area contributed by atoms with Crippen LogP contribution in [0, 0.1) is 6.42 Å². The summed E-state index contributed by atoms with van der Waals surface area (Å²) in [6.45, 7) is 4.84. The lowest BCUT2D eigenvalue weighted by Crippen LogP contribution is -2.46. The van der Waals surface area contributed by atoms with Crippen LogP contribution >= 0.6 is 0 Å². The number of hydrogen-bond donors (Lipinski definition) is 1. The average Bonchev–Trinajstić information content (AvgIpc) is 3.23. The van der Waals surface area contributed by atoms with E-state index in [9.17, 15) is 5.11 Å². The van der Waals surface area contributed by atoms with E-state index in [1.807, 2.05) is 0 Å². The molecule has 3 heteroatoms. The fraction of sp³-hybridized carbons (Fsp3) is 0.643. The van der Waals surface area contributed by atoms with Gasteiger partial charge in [0, 0.05) is 44.3 Å². The van der Waals surface area contributed by atoms with Gasteiger partial charge in [0.05, 0.1) is 6.61 Å². The van der Waals surface area contributed by atoms with E-state index in [4.69, 9.17) is 0 Å². The number of nitrogens with zero attached hydrogens (tertiary/aromatic N) is 2. The average molecular weight is 233 g/mol. The number of aliphatic hydroxyl groups is 1. The van der Waals surface area contributed by atoms with E-state index in [2.05, 4.69) is 28.4 Å². The van der Waals surface area contributed by atoms with Gasteiger partial charge in [-0.1, -0.05) is 6.08 Å². The highest BCUT2D eigenvalue weighted by Crippen LogP contribution is 2.29. The molecule has 0 aromatic heterocycles. The van der Waals surface area contributed by atoms with Crippen molar-refractivity contribution >= 4 is 0 Å². The van der Waals surface area contributed by atoms with Crippen LogP contribution in [0.3, 0.4) is 0 Å². The van der Waals surface area contributed by atoms with Gasteiger partial charge in [-0.25, -0.2) is 0 Å². The van der Waals surface area contributed by atoms with Crippen molar-refractivity contribution in [2.45, 2.75) is 25.3 Å². The van der Waals surface area contributed by atoms with Crippen LogP contribution in [0.4, 0.5) is 0 Å². The monoisotopic (exact) mass is 233 g/mol. The molecule has 3 nitrogen and oxygen atoms in total. The van der Waals surface area contributed by atoms with Crippen molar-refractivity contribution in [3.63, 3.8) is 0 Å². The zero-order valence-electron chi connectivity index (χ0n) is 10.3. The van der Waals surface area contributed by atoms with Gasteiger partial charge >= 0.3 is 0 Å². The molecule has 1 radical (unpaired) electrons. The van der Waals surface area contributed by atoms with Crippen molar-refractivity contribution in [2.24, 2.45) is 0 Å². The maximum Gasteiger partial charge on any atom is 0.0679 e. The summed E-state index contributed by atoms with van der Waals surface area (Å²) in [5.74, 6) is 0. The van der Waals surface area contributed by atoms with Crippen LogP contribution < -0.4 is 0 Å². The Morgan fingerprint density at radius 1 is 1.18 bits per heavy atom. The van der Waals surface area contributed by atoms with Crippen LogP contribution in [0.2, 0.25) is 0 Å². The number of rotatable bonds is 3. The lowest BCUT2D eigenvalue weighted by atomic mass is 10.0. The predicted molar refractivity (Wildman–Crippen MR) is 68.3 cm³/mol. The van der Waals surface area contributed by atoms with E-state index < -0.39 is 0 Å². The van der Waals surface area contributed by atoms with Crippen LogP contribution in [0.15, 0.2) is 23.4 Å². The number of aliphatic hydroxyl groups excluding tert-OH is 1. The van der Waals surface area contributed by atoms with Crippen LogP contribution in [0.25, 0.3) is 0 Å². The van der Waals surface area contributed by atoms with Gasteiger partial charge in [-0.05, 0) is 30.9 Å². The van der Waals surface area contributed by atoms with E-state index in [1.54, 1.807) is 0 Å². The summed E-state index contributed by atoms with van der Waals surface area (Å²) in [5, 5.41) is 9.18. The Morgan fingerprint density at radius 3 is 2.59 bits per heavy atom. The molecule has 1 saturated heterocycles. The molecular weight excluding hydrogens is 212 g/mol. The zero-order chi connectivity index (χ0) is 11.7. The van der Waals surface area contributed by atoms with Gasteiger partial charge in [0.1, 0.15) is 0 Å². The molecule has 2 aliphatic carbocycles. The molecule has 0 atom stereocenters. The highest BCUT2D eigenvalue weighted by atomic mass is 16.3.